The first kappa shape index (κ1) is 13.8. The smallest absolute Gasteiger partial charge is 0.398 e. The molecule has 2 N–H and O–H groups in total. The molecule has 3 rings (SSSR count). The van der Waals surface area contributed by atoms with Crippen molar-refractivity contribution in [3.05, 3.63) is 59.7 Å². The summed E-state index contributed by atoms with van der Waals surface area (Å²) >= 11 is 0. The van der Waals surface area contributed by atoms with Crippen molar-refractivity contribution < 1.29 is 13.2 Å². The number of nitrogens with two attached hydrogens (primary N) is 1. The molecule has 2 nitrogen and oxygen atoms in total. The molecule has 1 fully saturated rings. The first-order valence-corrected chi connectivity index (χ1v) is 6.72. The zero-order valence-electron chi connectivity index (χ0n) is 11.3. The molecule has 0 spiro atoms. The van der Waals surface area contributed by atoms with Crippen LogP contribution in [0.4, 0.5) is 24.5 Å². The van der Waals surface area contributed by atoms with Gasteiger partial charge in [0.2, 0.25) is 0 Å². The number of hydrogen-bond acceptors (Lipinski definition) is 2. The molecule has 0 atom stereocenters. The van der Waals surface area contributed by atoms with Gasteiger partial charge < -0.3 is 10.6 Å². The predicted octanol–water partition coefficient (Wildman–Crippen LogP) is 3.89. The first-order chi connectivity index (χ1) is 9.95. The van der Waals surface area contributed by atoms with Crippen LogP contribution in [-0.2, 0) is 6.18 Å². The number of alkyl halides is 3. The van der Waals surface area contributed by atoms with Crippen LogP contribution in [0.25, 0.3) is 0 Å². The summed E-state index contributed by atoms with van der Waals surface area (Å²) in [6.45, 7) is 1.45. The second-order valence-electron chi connectivity index (χ2n) is 5.28. The van der Waals surface area contributed by atoms with Gasteiger partial charge in [-0.3, -0.25) is 0 Å². The molecule has 1 saturated heterocycles. The molecular formula is C16H15F3N2. The van der Waals surface area contributed by atoms with Gasteiger partial charge in [0.1, 0.15) is 0 Å². The zero-order chi connectivity index (χ0) is 15.0. The van der Waals surface area contributed by atoms with Gasteiger partial charge in [0, 0.05) is 30.4 Å². The Balaban J connectivity index is 1.76. The Morgan fingerprint density at radius 2 is 1.67 bits per heavy atom. The molecule has 1 aliphatic rings. The van der Waals surface area contributed by atoms with Crippen LogP contribution in [0, 0.1) is 0 Å². The van der Waals surface area contributed by atoms with Crippen molar-refractivity contribution in [2.75, 3.05) is 23.7 Å². The Hall–Kier alpha value is -2.17. The van der Waals surface area contributed by atoms with E-state index in [-0.39, 0.29) is 5.69 Å². The van der Waals surface area contributed by atoms with Crippen LogP contribution in [0.5, 0.6) is 0 Å². The fraction of sp³-hybridized carbons (Fsp3) is 0.250. The number of hydrogen-bond donors (Lipinski definition) is 1. The highest BCUT2D eigenvalue weighted by Gasteiger charge is 2.35. The molecule has 21 heavy (non-hydrogen) atoms. The molecule has 0 aromatic heterocycles. The van der Waals surface area contributed by atoms with Gasteiger partial charge in [-0.15, -0.1) is 0 Å². The van der Waals surface area contributed by atoms with Crippen LogP contribution >= 0.6 is 0 Å². The quantitative estimate of drug-likeness (QED) is 0.851. The average Bonchev–Trinajstić information content (AvgIpc) is 2.39. The van der Waals surface area contributed by atoms with Gasteiger partial charge in [-0.2, -0.15) is 13.2 Å². The summed E-state index contributed by atoms with van der Waals surface area (Å²) in [5.41, 5.74) is 6.22. The molecule has 0 aliphatic carbocycles. The molecule has 0 saturated carbocycles. The number of halogens is 3. The highest BCUT2D eigenvalue weighted by atomic mass is 19.4. The fourth-order valence-electron chi connectivity index (χ4n) is 2.61. The maximum atomic E-state index is 12.9. The average molecular weight is 292 g/mol. The lowest BCUT2D eigenvalue weighted by Gasteiger charge is -2.41. The number of nitrogens with zero attached hydrogens (tertiary/aromatic N) is 1. The molecule has 110 valence electrons. The highest BCUT2D eigenvalue weighted by molar-refractivity contribution is 5.61. The Labute approximate surface area is 121 Å². The van der Waals surface area contributed by atoms with Gasteiger partial charge in [-0.05, 0) is 23.8 Å². The van der Waals surface area contributed by atoms with E-state index in [1.54, 1.807) is 6.07 Å². The third-order valence-corrected chi connectivity index (χ3v) is 3.86. The fourth-order valence-corrected chi connectivity index (χ4v) is 2.61. The summed E-state index contributed by atoms with van der Waals surface area (Å²) < 4.78 is 38.6. The van der Waals surface area contributed by atoms with Gasteiger partial charge in [-0.1, -0.05) is 30.3 Å². The minimum absolute atomic E-state index is 0.230. The molecule has 2 aromatic rings. The van der Waals surface area contributed by atoms with Crippen LogP contribution in [0.1, 0.15) is 17.0 Å². The van der Waals surface area contributed by atoms with Gasteiger partial charge in [0.25, 0.3) is 0 Å². The second-order valence-corrected chi connectivity index (χ2v) is 5.28. The molecule has 1 aliphatic heterocycles. The van der Waals surface area contributed by atoms with E-state index in [1.807, 2.05) is 35.2 Å². The Morgan fingerprint density at radius 1 is 1.00 bits per heavy atom. The van der Waals surface area contributed by atoms with Crippen molar-refractivity contribution in [3.8, 4) is 0 Å². The van der Waals surface area contributed by atoms with Crippen molar-refractivity contribution >= 4 is 11.4 Å². The Morgan fingerprint density at radius 3 is 2.29 bits per heavy atom. The maximum absolute atomic E-state index is 12.9. The maximum Gasteiger partial charge on any atom is 0.418 e. The van der Waals surface area contributed by atoms with E-state index in [1.165, 1.54) is 11.6 Å². The molecule has 0 unspecified atom stereocenters. The normalized spacial score (nSPS) is 15.9. The molecule has 1 heterocycles. The third kappa shape index (κ3) is 2.68. The zero-order valence-corrected chi connectivity index (χ0v) is 11.3. The molecular weight excluding hydrogens is 277 g/mol. The van der Waals surface area contributed by atoms with E-state index < -0.39 is 11.7 Å². The highest BCUT2D eigenvalue weighted by Crippen LogP contribution is 2.38. The van der Waals surface area contributed by atoms with E-state index in [9.17, 15) is 13.2 Å². The standard InChI is InChI=1S/C16H15F3N2/c17-16(18,19)14-8-13(6-7-15(14)20)21-9-12(10-21)11-4-2-1-3-5-11/h1-8,12H,9-10,20H2. The summed E-state index contributed by atoms with van der Waals surface area (Å²) in [5.74, 6) is 0.373. The third-order valence-electron chi connectivity index (χ3n) is 3.86. The van der Waals surface area contributed by atoms with Crippen molar-refractivity contribution in [3.63, 3.8) is 0 Å². The SMILES string of the molecule is Nc1ccc(N2CC(c3ccccc3)C2)cc1C(F)(F)F. The Bertz CT molecular complexity index is 632. The summed E-state index contributed by atoms with van der Waals surface area (Å²) in [5, 5.41) is 0. The summed E-state index contributed by atoms with van der Waals surface area (Å²) in [6.07, 6.45) is -4.41. The van der Waals surface area contributed by atoms with Gasteiger partial charge >= 0.3 is 6.18 Å². The summed E-state index contributed by atoms with van der Waals surface area (Å²) in [6, 6.07) is 14.1. The van der Waals surface area contributed by atoms with Crippen LogP contribution in [0.3, 0.4) is 0 Å². The lowest BCUT2D eigenvalue weighted by Crippen LogP contribution is -2.45. The van der Waals surface area contributed by atoms with Crippen LogP contribution in [0.15, 0.2) is 48.5 Å². The number of anilines is 2. The number of benzene rings is 2. The monoisotopic (exact) mass is 292 g/mol. The molecule has 2 aromatic carbocycles. The van der Waals surface area contributed by atoms with Gasteiger partial charge in [-0.25, -0.2) is 0 Å². The molecule has 0 amide bonds. The topological polar surface area (TPSA) is 29.3 Å². The van der Waals surface area contributed by atoms with E-state index in [0.717, 1.165) is 19.2 Å². The summed E-state index contributed by atoms with van der Waals surface area (Å²) in [7, 11) is 0. The van der Waals surface area contributed by atoms with Crippen LogP contribution in [0.2, 0.25) is 0 Å². The molecule has 5 heteroatoms. The van der Waals surface area contributed by atoms with E-state index >= 15 is 0 Å². The summed E-state index contributed by atoms with van der Waals surface area (Å²) in [4.78, 5) is 1.94. The minimum atomic E-state index is -4.41. The van der Waals surface area contributed by atoms with E-state index in [4.69, 9.17) is 5.73 Å². The van der Waals surface area contributed by atoms with E-state index in [2.05, 4.69) is 0 Å². The van der Waals surface area contributed by atoms with E-state index in [0.29, 0.717) is 11.6 Å². The van der Waals surface area contributed by atoms with Crippen LogP contribution < -0.4 is 10.6 Å². The number of rotatable bonds is 2. The Kier molecular flexibility index (Phi) is 3.27. The van der Waals surface area contributed by atoms with Crippen LogP contribution in [-0.4, -0.2) is 13.1 Å². The van der Waals surface area contributed by atoms with Crippen molar-refractivity contribution in [2.24, 2.45) is 0 Å². The first-order valence-electron chi connectivity index (χ1n) is 6.72. The largest absolute Gasteiger partial charge is 0.418 e. The van der Waals surface area contributed by atoms with Crippen molar-refractivity contribution in [1.82, 2.24) is 0 Å². The predicted molar refractivity (Wildman–Crippen MR) is 77.3 cm³/mol. The van der Waals surface area contributed by atoms with Gasteiger partial charge in [0.05, 0.1) is 5.56 Å². The molecule has 0 bridgehead atoms. The van der Waals surface area contributed by atoms with Crippen molar-refractivity contribution in [1.29, 1.82) is 0 Å². The lowest BCUT2D eigenvalue weighted by molar-refractivity contribution is -0.136. The lowest BCUT2D eigenvalue weighted by atomic mass is 9.91. The molecule has 0 radical (unpaired) electrons. The van der Waals surface area contributed by atoms with Crippen molar-refractivity contribution in [2.45, 2.75) is 12.1 Å². The van der Waals surface area contributed by atoms with Gasteiger partial charge in [0.15, 0.2) is 0 Å². The second kappa shape index (κ2) is 4.98. The number of nitrogen functional groups attached to an aromatic ring is 1. The minimum Gasteiger partial charge on any atom is -0.398 e.